The van der Waals surface area contributed by atoms with Crippen LogP contribution in [0.1, 0.15) is 45.7 Å². The highest BCUT2D eigenvalue weighted by Gasteiger charge is 2.24. The van der Waals surface area contributed by atoms with Crippen LogP contribution >= 0.6 is 0 Å². The van der Waals surface area contributed by atoms with E-state index in [1.54, 1.807) is 0 Å². The van der Waals surface area contributed by atoms with Gasteiger partial charge in [-0.2, -0.15) is 0 Å². The first kappa shape index (κ1) is 14.9. The Morgan fingerprint density at radius 2 is 1.67 bits per heavy atom. The highest BCUT2D eigenvalue weighted by Crippen LogP contribution is 2.29. The molecule has 0 atom stereocenters. The van der Waals surface area contributed by atoms with Crippen LogP contribution in [0.3, 0.4) is 0 Å². The van der Waals surface area contributed by atoms with Gasteiger partial charge in [-0.1, -0.05) is 50.2 Å². The molecular formula is C14H23NO2Si. The molecule has 0 aliphatic carbocycles. The molecule has 0 heterocycles. The molecule has 1 aromatic rings. The lowest BCUT2D eigenvalue weighted by molar-refractivity contribution is 0.109. The summed E-state index contributed by atoms with van der Waals surface area (Å²) in [7, 11) is -0.584. The van der Waals surface area contributed by atoms with Crippen LogP contribution in [-0.4, -0.2) is 21.2 Å². The van der Waals surface area contributed by atoms with E-state index in [4.69, 9.17) is 9.63 Å². The fourth-order valence-electron chi connectivity index (χ4n) is 1.52. The number of rotatable bonds is 4. The third-order valence-corrected chi connectivity index (χ3v) is 4.41. The van der Waals surface area contributed by atoms with Crippen LogP contribution < -0.4 is 0 Å². The van der Waals surface area contributed by atoms with Crippen molar-refractivity contribution in [2.45, 2.75) is 45.3 Å². The van der Waals surface area contributed by atoms with Crippen LogP contribution in [0.2, 0.25) is 5.04 Å². The Labute approximate surface area is 112 Å². The van der Waals surface area contributed by atoms with Crippen molar-refractivity contribution in [3.05, 3.63) is 35.4 Å². The molecule has 0 aromatic heterocycles. The van der Waals surface area contributed by atoms with Gasteiger partial charge in [-0.15, -0.1) is 0 Å². The van der Waals surface area contributed by atoms with E-state index < -0.39 is 9.76 Å². The summed E-state index contributed by atoms with van der Waals surface area (Å²) < 4.78 is 6.14. The largest absolute Gasteiger partial charge is 0.415 e. The van der Waals surface area contributed by atoms with Crippen molar-refractivity contribution >= 4 is 16.0 Å². The first-order valence-electron chi connectivity index (χ1n) is 6.16. The second-order valence-corrected chi connectivity index (χ2v) is 8.92. The summed E-state index contributed by atoms with van der Waals surface area (Å²) in [5.41, 5.74) is 1.77. The maximum Gasteiger partial charge on any atom is 0.168 e. The van der Waals surface area contributed by atoms with Gasteiger partial charge in [-0.05, 0) is 30.0 Å². The van der Waals surface area contributed by atoms with Crippen LogP contribution in [0.5, 0.6) is 0 Å². The van der Waals surface area contributed by atoms with E-state index in [0.29, 0.717) is 5.04 Å². The fraction of sp³-hybridized carbons (Fsp3) is 0.500. The third-order valence-electron chi connectivity index (χ3n) is 2.68. The Bertz CT molecular complexity index is 405. The monoisotopic (exact) mass is 265 g/mol. The van der Waals surface area contributed by atoms with Gasteiger partial charge in [-0.25, -0.2) is 0 Å². The van der Waals surface area contributed by atoms with Crippen molar-refractivity contribution in [3.8, 4) is 0 Å². The van der Waals surface area contributed by atoms with E-state index in [1.807, 2.05) is 24.3 Å². The van der Waals surface area contributed by atoms with Gasteiger partial charge in [0, 0.05) is 0 Å². The van der Waals surface area contributed by atoms with E-state index >= 15 is 0 Å². The first-order valence-corrected chi connectivity index (χ1v) is 7.45. The zero-order chi connectivity index (χ0) is 13.8. The summed E-state index contributed by atoms with van der Waals surface area (Å²) in [5, 5.41) is 11.8. The lowest BCUT2D eigenvalue weighted by atomic mass is 9.97. The van der Waals surface area contributed by atoms with E-state index in [9.17, 15) is 0 Å². The van der Waals surface area contributed by atoms with Gasteiger partial charge in [0.15, 0.2) is 9.76 Å². The lowest BCUT2D eigenvalue weighted by Gasteiger charge is -2.30. The summed E-state index contributed by atoms with van der Waals surface area (Å²) >= 11 is 0. The zero-order valence-electron chi connectivity index (χ0n) is 11.9. The van der Waals surface area contributed by atoms with Gasteiger partial charge in [0.2, 0.25) is 0 Å². The van der Waals surface area contributed by atoms with Crippen molar-refractivity contribution in [1.29, 1.82) is 0 Å². The van der Waals surface area contributed by atoms with Crippen LogP contribution in [0.4, 0.5) is 0 Å². The van der Waals surface area contributed by atoms with Crippen molar-refractivity contribution < 1.29 is 9.63 Å². The second kappa shape index (κ2) is 5.67. The molecule has 0 aliphatic heterocycles. The number of oxime groups is 1. The van der Waals surface area contributed by atoms with Gasteiger partial charge in [0.1, 0.15) is 0 Å². The average Bonchev–Trinajstić information content (AvgIpc) is 2.27. The number of hydrogen-bond donors (Lipinski definition) is 1. The van der Waals surface area contributed by atoms with E-state index in [2.05, 4.69) is 39.8 Å². The van der Waals surface area contributed by atoms with Gasteiger partial charge in [0.05, 0.1) is 11.8 Å². The summed E-state index contributed by atoms with van der Waals surface area (Å²) in [5.74, 6) is 0. The molecule has 0 bridgehead atoms. The summed E-state index contributed by atoms with van der Waals surface area (Å²) in [6, 6.07) is 7.90. The maximum absolute atomic E-state index is 8.47. The Hall–Kier alpha value is -1.13. The minimum atomic E-state index is -0.584. The maximum atomic E-state index is 8.47. The smallest absolute Gasteiger partial charge is 0.168 e. The lowest BCUT2D eigenvalue weighted by Crippen LogP contribution is -2.27. The quantitative estimate of drug-likeness (QED) is 0.393. The molecule has 0 aliphatic rings. The molecule has 100 valence electrons. The van der Waals surface area contributed by atoms with Crippen LogP contribution in [0, 0.1) is 0 Å². The minimum absolute atomic E-state index is 0.256. The van der Waals surface area contributed by atoms with Crippen molar-refractivity contribution in [3.63, 3.8) is 0 Å². The first-order chi connectivity index (χ1) is 8.24. The molecule has 0 saturated heterocycles. The predicted molar refractivity (Wildman–Crippen MR) is 78.2 cm³/mol. The van der Waals surface area contributed by atoms with Gasteiger partial charge in [0.25, 0.3) is 0 Å². The summed E-state index contributed by atoms with van der Waals surface area (Å²) in [4.78, 5) is 0. The van der Waals surface area contributed by atoms with Gasteiger partial charge < -0.3 is 9.63 Å². The normalized spacial score (nSPS) is 13.8. The SMILES string of the molecule is CC(C)(C)[SiH2]OC(C)(C)c1ccc(C=NO)cc1. The van der Waals surface area contributed by atoms with Crippen molar-refractivity contribution in [2.75, 3.05) is 0 Å². The Morgan fingerprint density at radius 3 is 2.11 bits per heavy atom. The molecule has 0 amide bonds. The van der Waals surface area contributed by atoms with E-state index in [1.165, 1.54) is 6.21 Å². The second-order valence-electron chi connectivity index (χ2n) is 6.23. The Morgan fingerprint density at radius 1 is 1.11 bits per heavy atom. The third kappa shape index (κ3) is 4.62. The van der Waals surface area contributed by atoms with Crippen LogP contribution in [-0.2, 0) is 10.0 Å². The summed E-state index contributed by atoms with van der Waals surface area (Å²) in [6.07, 6.45) is 1.42. The predicted octanol–water partition coefficient (Wildman–Crippen LogP) is 3.05. The van der Waals surface area contributed by atoms with Gasteiger partial charge in [-0.3, -0.25) is 0 Å². The van der Waals surface area contributed by atoms with E-state index in [-0.39, 0.29) is 5.60 Å². The Kier molecular flexibility index (Phi) is 4.70. The molecule has 1 rings (SSSR count). The standard InChI is InChI=1S/C14H23NO2Si/c1-13(2,3)18-17-14(4,5)12-8-6-11(7-9-12)10-15-16/h6-10,16H,18H2,1-5H3. The van der Waals surface area contributed by atoms with E-state index in [0.717, 1.165) is 11.1 Å². The van der Waals surface area contributed by atoms with Crippen molar-refractivity contribution in [2.24, 2.45) is 5.16 Å². The molecule has 1 N–H and O–H groups in total. The van der Waals surface area contributed by atoms with Gasteiger partial charge >= 0.3 is 0 Å². The van der Waals surface area contributed by atoms with Crippen LogP contribution in [0.15, 0.2) is 29.4 Å². The highest BCUT2D eigenvalue weighted by molar-refractivity contribution is 6.31. The number of hydrogen-bond acceptors (Lipinski definition) is 3. The molecule has 0 radical (unpaired) electrons. The van der Waals surface area contributed by atoms with Crippen LogP contribution in [0.25, 0.3) is 0 Å². The zero-order valence-corrected chi connectivity index (χ0v) is 13.3. The fourth-order valence-corrected chi connectivity index (χ4v) is 2.48. The molecule has 1 aromatic carbocycles. The summed E-state index contributed by atoms with van der Waals surface area (Å²) in [6.45, 7) is 10.9. The minimum Gasteiger partial charge on any atom is -0.415 e. The highest BCUT2D eigenvalue weighted by atomic mass is 28.2. The molecule has 3 nitrogen and oxygen atoms in total. The molecular weight excluding hydrogens is 242 g/mol. The Balaban J connectivity index is 2.78. The molecule has 0 unspecified atom stereocenters. The molecule has 4 heteroatoms. The number of benzene rings is 1. The molecule has 0 saturated carbocycles. The topological polar surface area (TPSA) is 41.8 Å². The average molecular weight is 265 g/mol. The molecule has 0 spiro atoms. The molecule has 0 fully saturated rings. The molecule has 18 heavy (non-hydrogen) atoms. The van der Waals surface area contributed by atoms with Crippen molar-refractivity contribution in [1.82, 2.24) is 0 Å². The number of nitrogens with zero attached hydrogens (tertiary/aromatic N) is 1.